The van der Waals surface area contributed by atoms with Gasteiger partial charge in [0.15, 0.2) is 0 Å². The van der Waals surface area contributed by atoms with Crippen LogP contribution in [0.15, 0.2) is 36.4 Å². The zero-order valence-corrected chi connectivity index (χ0v) is 23.1. The van der Waals surface area contributed by atoms with E-state index in [1.807, 2.05) is 12.1 Å². The number of nitrogens with zero attached hydrogens (tertiary/aromatic N) is 3. The highest BCUT2D eigenvalue weighted by atomic mass is 35.5. The van der Waals surface area contributed by atoms with Crippen molar-refractivity contribution >= 4 is 40.8 Å². The maximum absolute atomic E-state index is 12.3. The van der Waals surface area contributed by atoms with Gasteiger partial charge in [0, 0.05) is 48.9 Å². The summed E-state index contributed by atoms with van der Waals surface area (Å²) in [5, 5.41) is 24.6. The molecule has 0 radical (unpaired) electrons. The van der Waals surface area contributed by atoms with E-state index in [4.69, 9.17) is 31.6 Å². The predicted octanol–water partition coefficient (Wildman–Crippen LogP) is 5.69. The third-order valence-electron chi connectivity index (χ3n) is 7.77. The number of carbonyl (C=O) groups is 2. The van der Waals surface area contributed by atoms with E-state index in [2.05, 4.69) is 35.6 Å². The van der Waals surface area contributed by atoms with E-state index < -0.39 is 11.9 Å². The molecule has 2 aliphatic rings. The van der Waals surface area contributed by atoms with E-state index in [1.165, 1.54) is 36.0 Å². The molecule has 0 saturated heterocycles. The molecule has 38 heavy (non-hydrogen) atoms. The lowest BCUT2D eigenvalue weighted by Crippen LogP contribution is -2.33. The van der Waals surface area contributed by atoms with Crippen molar-refractivity contribution in [3.05, 3.63) is 58.4 Å². The topological polar surface area (TPSA) is 116 Å². The molecule has 3 aromatic rings. The van der Waals surface area contributed by atoms with E-state index in [0.717, 1.165) is 49.7 Å². The van der Waals surface area contributed by atoms with Gasteiger partial charge in [0.05, 0.1) is 17.0 Å². The number of hydrogen-bond donors (Lipinski definition) is 3. The van der Waals surface area contributed by atoms with Gasteiger partial charge in [-0.05, 0) is 62.4 Å². The molecule has 1 aliphatic heterocycles. The van der Waals surface area contributed by atoms with Gasteiger partial charge >= 0.3 is 5.97 Å². The van der Waals surface area contributed by atoms with Crippen LogP contribution in [0.5, 0.6) is 0 Å². The first-order valence-corrected chi connectivity index (χ1v) is 13.5. The molecule has 2 unspecified atom stereocenters. The molecule has 0 amide bonds. The first-order chi connectivity index (χ1) is 18.3. The van der Waals surface area contributed by atoms with Gasteiger partial charge < -0.3 is 24.8 Å². The molecule has 1 fully saturated rings. The molecule has 1 saturated carbocycles. The van der Waals surface area contributed by atoms with Crippen LogP contribution in [0.1, 0.15) is 74.4 Å². The molecule has 206 valence electrons. The molecular formula is C29H38ClN3O5. The van der Waals surface area contributed by atoms with Crippen LogP contribution in [0.2, 0.25) is 5.02 Å². The Bertz CT molecular complexity index is 1220. The van der Waals surface area contributed by atoms with Crippen molar-refractivity contribution in [1.82, 2.24) is 9.55 Å². The van der Waals surface area contributed by atoms with Gasteiger partial charge in [-0.25, -0.2) is 4.98 Å². The average Bonchev–Trinajstić information content (AvgIpc) is 3.30. The molecule has 2 heterocycles. The van der Waals surface area contributed by atoms with E-state index in [9.17, 15) is 9.90 Å². The second-order valence-corrected chi connectivity index (χ2v) is 10.3. The minimum atomic E-state index is -0.824. The van der Waals surface area contributed by atoms with Crippen LogP contribution in [0.3, 0.4) is 0 Å². The number of hydrogen-bond acceptors (Lipinski definition) is 5. The molecule has 3 N–H and O–H groups in total. The molecule has 5 rings (SSSR count). The first-order valence-electron chi connectivity index (χ1n) is 13.1. The Labute approximate surface area is 228 Å². The number of rotatable bonds is 5. The predicted molar refractivity (Wildman–Crippen MR) is 150 cm³/mol. The maximum atomic E-state index is 12.3. The lowest BCUT2D eigenvalue weighted by molar-refractivity contribution is -0.138. The van der Waals surface area contributed by atoms with Crippen LogP contribution in [0, 0.1) is 0 Å². The monoisotopic (exact) mass is 543 g/mol. The summed E-state index contributed by atoms with van der Waals surface area (Å²) in [6, 6.07) is 12.5. The SMILES string of the molecule is CC1CCc2c(ccc3c2nc(CC(C(=O)O)c2ccc(Cl)cc2)n3C2CCCCC2)N1C.CO.O=CO. The summed E-state index contributed by atoms with van der Waals surface area (Å²) in [5.41, 5.74) is 5.56. The number of aliphatic hydroxyl groups is 1. The van der Waals surface area contributed by atoms with Gasteiger partial charge in [0.2, 0.25) is 0 Å². The Morgan fingerprint density at radius 3 is 2.34 bits per heavy atom. The lowest BCUT2D eigenvalue weighted by atomic mass is 9.93. The fraction of sp³-hybridized carbons (Fsp3) is 0.483. The van der Waals surface area contributed by atoms with Crippen molar-refractivity contribution < 1.29 is 24.9 Å². The summed E-state index contributed by atoms with van der Waals surface area (Å²) in [6.07, 6.45) is 8.47. The summed E-state index contributed by atoms with van der Waals surface area (Å²) in [4.78, 5) is 28.2. The molecule has 9 heteroatoms. The van der Waals surface area contributed by atoms with Crippen LogP contribution in [-0.2, 0) is 22.4 Å². The fourth-order valence-corrected chi connectivity index (χ4v) is 5.86. The number of aliphatic carboxylic acids is 1. The van der Waals surface area contributed by atoms with Crippen molar-refractivity contribution in [1.29, 1.82) is 0 Å². The van der Waals surface area contributed by atoms with Gasteiger partial charge in [-0.2, -0.15) is 0 Å². The quantitative estimate of drug-likeness (QED) is 0.354. The number of imidazole rings is 1. The van der Waals surface area contributed by atoms with Gasteiger partial charge in [-0.1, -0.05) is 43.0 Å². The van der Waals surface area contributed by atoms with Gasteiger partial charge in [0.1, 0.15) is 5.82 Å². The normalized spacial score (nSPS) is 17.9. The standard InChI is InChI=1S/C27H32ClN3O2.CH2O2.CH4O/c1-17-8-13-21-23(30(17)2)14-15-24-26(21)29-25(31(24)20-6-4-3-5-7-20)16-22(27(32)33)18-9-11-19(28)12-10-18;2-1-3;1-2/h9-12,14-15,17,20,22H,3-8,13,16H2,1-2H3,(H,32,33);1H,(H,2,3);2H,1H3. The number of aromatic nitrogens is 2. The van der Waals surface area contributed by atoms with Crippen LogP contribution in [0.25, 0.3) is 11.0 Å². The Kier molecular flexibility index (Phi) is 10.6. The van der Waals surface area contributed by atoms with Gasteiger partial charge in [-0.3, -0.25) is 9.59 Å². The number of aliphatic hydroxyl groups excluding tert-OH is 1. The zero-order chi connectivity index (χ0) is 27.8. The average molecular weight is 544 g/mol. The Morgan fingerprint density at radius 2 is 1.74 bits per heavy atom. The second-order valence-electron chi connectivity index (χ2n) is 9.87. The fourth-order valence-electron chi connectivity index (χ4n) is 5.73. The first kappa shape index (κ1) is 29.5. The van der Waals surface area contributed by atoms with E-state index in [1.54, 1.807) is 12.1 Å². The largest absolute Gasteiger partial charge is 0.483 e. The van der Waals surface area contributed by atoms with Crippen LogP contribution >= 0.6 is 11.6 Å². The van der Waals surface area contributed by atoms with E-state index in [-0.39, 0.29) is 6.47 Å². The van der Waals surface area contributed by atoms with Crippen molar-refractivity contribution in [2.45, 2.75) is 76.3 Å². The van der Waals surface area contributed by atoms with Crippen LogP contribution < -0.4 is 4.90 Å². The minimum Gasteiger partial charge on any atom is -0.483 e. The zero-order valence-electron chi connectivity index (χ0n) is 22.3. The van der Waals surface area contributed by atoms with Gasteiger partial charge in [0.25, 0.3) is 6.47 Å². The summed E-state index contributed by atoms with van der Waals surface area (Å²) in [7, 11) is 3.16. The number of halogens is 1. The number of benzene rings is 2. The number of carboxylic acid groups (broad SMARTS) is 2. The summed E-state index contributed by atoms with van der Waals surface area (Å²) >= 11 is 6.06. The van der Waals surface area contributed by atoms with Crippen molar-refractivity contribution in [3.63, 3.8) is 0 Å². The summed E-state index contributed by atoms with van der Waals surface area (Å²) in [6.45, 7) is 2.02. The molecule has 8 nitrogen and oxygen atoms in total. The molecule has 1 aromatic heterocycles. The molecular weight excluding hydrogens is 506 g/mol. The molecule has 1 aliphatic carbocycles. The lowest BCUT2D eigenvalue weighted by Gasteiger charge is -2.34. The summed E-state index contributed by atoms with van der Waals surface area (Å²) < 4.78 is 2.39. The molecule has 0 spiro atoms. The smallest absolute Gasteiger partial charge is 0.311 e. The minimum absolute atomic E-state index is 0.250. The highest BCUT2D eigenvalue weighted by Crippen LogP contribution is 2.39. The number of anilines is 1. The molecule has 2 aromatic carbocycles. The van der Waals surface area contributed by atoms with Crippen LogP contribution in [0.4, 0.5) is 5.69 Å². The van der Waals surface area contributed by atoms with Crippen molar-refractivity contribution in [3.8, 4) is 0 Å². The van der Waals surface area contributed by atoms with Crippen molar-refractivity contribution in [2.75, 3.05) is 19.1 Å². The molecule has 2 atom stereocenters. The Morgan fingerprint density at radius 1 is 1.11 bits per heavy atom. The number of aryl methyl sites for hydroxylation is 1. The maximum Gasteiger partial charge on any atom is 0.311 e. The molecule has 0 bridgehead atoms. The summed E-state index contributed by atoms with van der Waals surface area (Å²) in [5.74, 6) is -0.580. The Hall–Kier alpha value is -3.10. The Balaban J connectivity index is 0.000000748. The van der Waals surface area contributed by atoms with Crippen molar-refractivity contribution in [2.24, 2.45) is 0 Å². The third kappa shape index (κ3) is 6.30. The number of carboxylic acids is 1. The van der Waals surface area contributed by atoms with E-state index in [0.29, 0.717) is 23.5 Å². The second kappa shape index (κ2) is 13.6. The number of fused-ring (bicyclic) bond motifs is 3. The van der Waals surface area contributed by atoms with Gasteiger partial charge in [-0.15, -0.1) is 0 Å². The third-order valence-corrected chi connectivity index (χ3v) is 8.02. The highest BCUT2D eigenvalue weighted by molar-refractivity contribution is 6.30. The highest BCUT2D eigenvalue weighted by Gasteiger charge is 2.30. The van der Waals surface area contributed by atoms with Crippen LogP contribution in [-0.4, -0.2) is 57.5 Å². The van der Waals surface area contributed by atoms with E-state index >= 15 is 0 Å².